The predicted molar refractivity (Wildman–Crippen MR) is 149 cm³/mol. The Kier molecular flexibility index (Phi) is 7.18. The first-order valence-corrected chi connectivity index (χ1v) is 12.5. The van der Waals surface area contributed by atoms with Crippen LogP contribution in [0.3, 0.4) is 0 Å². The lowest BCUT2D eigenvalue weighted by Crippen LogP contribution is -2.34. The molecule has 1 fully saturated rings. The average molecular weight is 532 g/mol. The summed E-state index contributed by atoms with van der Waals surface area (Å²) >= 11 is 5.37. The third-order valence-electron chi connectivity index (χ3n) is 6.35. The first-order valence-electron chi connectivity index (χ1n) is 12.1. The van der Waals surface area contributed by atoms with Crippen LogP contribution in [0.15, 0.2) is 65.1 Å². The van der Waals surface area contributed by atoms with Crippen molar-refractivity contribution in [2.45, 2.75) is 19.3 Å². The summed E-state index contributed by atoms with van der Waals surface area (Å²) in [5.41, 5.74) is 3.12. The lowest BCUT2D eigenvalue weighted by molar-refractivity contribution is -0.384. The standard InChI is InChI=1S/C27H25N5O5S/c1-36-23-12-10-18(26-28-19-7-3-4-8-24(19)37-26)15-20(23)29-27(38)30-25(33)17-9-11-21(22(16-17)32(34)35)31-13-5-2-6-14-31/h3-4,7-12,15-16H,2,5-6,13-14H2,1H3,(H2,29,30,33,38). The van der Waals surface area contributed by atoms with Crippen LogP contribution in [0.1, 0.15) is 29.6 Å². The van der Waals surface area contributed by atoms with Crippen LogP contribution in [-0.2, 0) is 0 Å². The molecule has 1 aliphatic rings. The molecule has 0 radical (unpaired) electrons. The molecule has 10 nitrogen and oxygen atoms in total. The lowest BCUT2D eigenvalue weighted by atomic mass is 10.1. The van der Waals surface area contributed by atoms with Gasteiger partial charge in [-0.05, 0) is 73.9 Å². The Morgan fingerprint density at radius 1 is 1.11 bits per heavy atom. The molecule has 1 amide bonds. The van der Waals surface area contributed by atoms with E-state index in [1.54, 1.807) is 30.3 Å². The minimum atomic E-state index is -0.565. The molecule has 11 heteroatoms. The Morgan fingerprint density at radius 3 is 2.63 bits per heavy atom. The number of hydrogen-bond donors (Lipinski definition) is 2. The van der Waals surface area contributed by atoms with E-state index in [-0.39, 0.29) is 16.4 Å². The summed E-state index contributed by atoms with van der Waals surface area (Å²) in [6.07, 6.45) is 3.07. The van der Waals surface area contributed by atoms with E-state index in [1.807, 2.05) is 29.2 Å². The number of carbonyl (C=O) groups is 1. The van der Waals surface area contributed by atoms with Gasteiger partial charge in [0.2, 0.25) is 5.89 Å². The van der Waals surface area contributed by atoms with E-state index in [4.69, 9.17) is 21.4 Å². The molecule has 0 saturated carbocycles. The number of carbonyl (C=O) groups excluding carboxylic acids is 1. The zero-order valence-electron chi connectivity index (χ0n) is 20.6. The van der Waals surface area contributed by atoms with Gasteiger partial charge in [-0.2, -0.15) is 0 Å². The largest absolute Gasteiger partial charge is 0.495 e. The fourth-order valence-electron chi connectivity index (χ4n) is 4.48. The molecule has 0 spiro atoms. The van der Waals surface area contributed by atoms with Crippen LogP contribution in [0.2, 0.25) is 0 Å². The fourth-order valence-corrected chi connectivity index (χ4v) is 4.68. The molecule has 5 rings (SSSR count). The van der Waals surface area contributed by atoms with E-state index in [1.165, 1.54) is 13.2 Å². The highest BCUT2D eigenvalue weighted by atomic mass is 32.1. The highest BCUT2D eigenvalue weighted by Gasteiger charge is 2.23. The molecule has 1 aliphatic heterocycles. The minimum absolute atomic E-state index is 0.00535. The molecule has 1 saturated heterocycles. The Hall–Kier alpha value is -4.51. The topological polar surface area (TPSA) is 123 Å². The number of benzene rings is 3. The molecule has 0 bridgehead atoms. The van der Waals surface area contributed by atoms with E-state index in [0.29, 0.717) is 34.2 Å². The van der Waals surface area contributed by atoms with Crippen molar-refractivity contribution in [3.05, 3.63) is 76.3 Å². The van der Waals surface area contributed by atoms with Gasteiger partial charge in [-0.3, -0.25) is 20.2 Å². The van der Waals surface area contributed by atoms with Crippen LogP contribution >= 0.6 is 12.2 Å². The number of nitro benzene ring substituents is 1. The summed E-state index contributed by atoms with van der Waals surface area (Å²) in [7, 11) is 1.52. The highest BCUT2D eigenvalue weighted by Crippen LogP contribution is 2.33. The van der Waals surface area contributed by atoms with Crippen molar-refractivity contribution in [2.75, 3.05) is 30.4 Å². The van der Waals surface area contributed by atoms with Gasteiger partial charge in [-0.1, -0.05) is 12.1 Å². The van der Waals surface area contributed by atoms with E-state index >= 15 is 0 Å². The highest BCUT2D eigenvalue weighted by molar-refractivity contribution is 7.80. The zero-order chi connectivity index (χ0) is 26.6. The summed E-state index contributed by atoms with van der Waals surface area (Å²) < 4.78 is 11.3. The third-order valence-corrected chi connectivity index (χ3v) is 6.55. The third kappa shape index (κ3) is 5.28. The number of para-hydroxylation sites is 2. The van der Waals surface area contributed by atoms with Crippen LogP contribution in [0.4, 0.5) is 17.1 Å². The van der Waals surface area contributed by atoms with Crippen molar-refractivity contribution in [2.24, 2.45) is 0 Å². The summed E-state index contributed by atoms with van der Waals surface area (Å²) in [5, 5.41) is 17.3. The maximum Gasteiger partial charge on any atom is 0.293 e. The summed E-state index contributed by atoms with van der Waals surface area (Å²) in [4.78, 5) is 30.7. The second kappa shape index (κ2) is 10.9. The van der Waals surface area contributed by atoms with Crippen LogP contribution in [0.25, 0.3) is 22.6 Å². The van der Waals surface area contributed by atoms with Gasteiger partial charge >= 0.3 is 0 Å². The maximum atomic E-state index is 12.9. The minimum Gasteiger partial charge on any atom is -0.495 e. The molecule has 3 aromatic carbocycles. The number of nitrogens with one attached hydrogen (secondary N) is 2. The van der Waals surface area contributed by atoms with Gasteiger partial charge in [0.15, 0.2) is 10.7 Å². The molecule has 4 aromatic rings. The molecule has 38 heavy (non-hydrogen) atoms. The second-order valence-electron chi connectivity index (χ2n) is 8.82. The molecule has 194 valence electrons. The number of rotatable bonds is 6. The number of piperidine rings is 1. The first kappa shape index (κ1) is 25.2. The molecular formula is C27H25N5O5S. The zero-order valence-corrected chi connectivity index (χ0v) is 21.4. The number of ether oxygens (including phenoxy) is 1. The van der Waals surface area contributed by atoms with Crippen molar-refractivity contribution in [3.63, 3.8) is 0 Å². The number of fused-ring (bicyclic) bond motifs is 1. The molecule has 0 atom stereocenters. The van der Waals surface area contributed by atoms with Gasteiger partial charge in [0.05, 0.1) is 17.7 Å². The number of anilines is 2. The summed E-state index contributed by atoms with van der Waals surface area (Å²) in [6, 6.07) is 17.2. The van der Waals surface area contributed by atoms with Crippen molar-refractivity contribution < 1.29 is 18.9 Å². The van der Waals surface area contributed by atoms with Crippen molar-refractivity contribution >= 4 is 51.4 Å². The first-order chi connectivity index (χ1) is 18.4. The van der Waals surface area contributed by atoms with Gasteiger partial charge in [0.1, 0.15) is 17.0 Å². The van der Waals surface area contributed by atoms with Crippen LogP contribution in [0.5, 0.6) is 5.75 Å². The second-order valence-corrected chi connectivity index (χ2v) is 9.23. The van der Waals surface area contributed by atoms with Gasteiger partial charge in [0, 0.05) is 30.3 Å². The maximum absolute atomic E-state index is 12.9. The van der Waals surface area contributed by atoms with E-state index in [2.05, 4.69) is 15.6 Å². The number of nitro groups is 1. The van der Waals surface area contributed by atoms with Crippen LogP contribution < -0.4 is 20.3 Å². The van der Waals surface area contributed by atoms with Crippen LogP contribution in [0, 0.1) is 10.1 Å². The van der Waals surface area contributed by atoms with Gasteiger partial charge < -0.3 is 19.4 Å². The Morgan fingerprint density at radius 2 is 1.89 bits per heavy atom. The van der Waals surface area contributed by atoms with Crippen molar-refractivity contribution in [1.82, 2.24) is 10.3 Å². The van der Waals surface area contributed by atoms with E-state index < -0.39 is 10.8 Å². The fraction of sp³-hybridized carbons (Fsp3) is 0.222. The molecule has 2 N–H and O–H groups in total. The number of hydrogen-bond acceptors (Lipinski definition) is 8. The smallest absolute Gasteiger partial charge is 0.293 e. The molecular weight excluding hydrogens is 506 g/mol. The Bertz CT molecular complexity index is 1500. The van der Waals surface area contributed by atoms with Gasteiger partial charge in [0.25, 0.3) is 11.6 Å². The Labute approximate surface area is 223 Å². The van der Waals surface area contributed by atoms with E-state index in [0.717, 1.165) is 37.9 Å². The Balaban J connectivity index is 1.33. The quantitative estimate of drug-likeness (QED) is 0.188. The average Bonchev–Trinajstić information content (AvgIpc) is 3.37. The molecule has 0 unspecified atom stereocenters. The summed E-state index contributed by atoms with van der Waals surface area (Å²) in [5.74, 6) is 0.348. The normalized spacial score (nSPS) is 13.2. The monoisotopic (exact) mass is 531 g/mol. The van der Waals surface area contributed by atoms with Crippen LogP contribution in [-0.4, -0.2) is 41.1 Å². The number of thiocarbonyl (C=S) groups is 1. The molecule has 2 heterocycles. The number of nitrogens with zero attached hydrogens (tertiary/aromatic N) is 3. The van der Waals surface area contributed by atoms with Crippen molar-refractivity contribution in [3.8, 4) is 17.2 Å². The predicted octanol–water partition coefficient (Wildman–Crippen LogP) is 5.53. The molecule has 1 aromatic heterocycles. The van der Waals surface area contributed by atoms with Gasteiger partial charge in [-0.25, -0.2) is 4.98 Å². The van der Waals surface area contributed by atoms with E-state index in [9.17, 15) is 14.9 Å². The SMILES string of the molecule is COc1ccc(-c2nc3ccccc3o2)cc1NC(=S)NC(=O)c1ccc(N2CCCCC2)c([N+](=O)[O-])c1. The summed E-state index contributed by atoms with van der Waals surface area (Å²) in [6.45, 7) is 1.51. The lowest BCUT2D eigenvalue weighted by Gasteiger charge is -2.28. The number of aromatic nitrogens is 1. The number of oxazole rings is 1. The van der Waals surface area contributed by atoms with Crippen molar-refractivity contribution in [1.29, 1.82) is 0 Å². The van der Waals surface area contributed by atoms with Gasteiger partial charge in [-0.15, -0.1) is 0 Å². The number of methoxy groups -OCH3 is 1. The molecule has 0 aliphatic carbocycles. The number of amides is 1.